The Labute approximate surface area is 119 Å². The van der Waals surface area contributed by atoms with Gasteiger partial charge in [0.1, 0.15) is 0 Å². The van der Waals surface area contributed by atoms with Crippen LogP contribution in [0.25, 0.3) is 0 Å². The second-order valence-corrected chi connectivity index (χ2v) is 5.97. The van der Waals surface area contributed by atoms with E-state index >= 15 is 0 Å². The monoisotopic (exact) mass is 274 g/mol. The van der Waals surface area contributed by atoms with Crippen molar-refractivity contribution in [3.8, 4) is 0 Å². The van der Waals surface area contributed by atoms with Crippen LogP contribution in [0.5, 0.6) is 0 Å². The summed E-state index contributed by atoms with van der Waals surface area (Å²) in [5, 5.41) is 10.8. The van der Waals surface area contributed by atoms with Gasteiger partial charge in [0.25, 0.3) is 5.91 Å². The van der Waals surface area contributed by atoms with Crippen molar-refractivity contribution < 1.29 is 10.0 Å². The first-order chi connectivity index (χ1) is 9.74. The topological polar surface area (TPSA) is 43.8 Å². The van der Waals surface area contributed by atoms with Gasteiger partial charge in [0.2, 0.25) is 0 Å². The molecular formula is C16H22N2O2. The highest BCUT2D eigenvalue weighted by molar-refractivity contribution is 5.77. The van der Waals surface area contributed by atoms with Gasteiger partial charge >= 0.3 is 0 Å². The fraction of sp³-hybridized carbons (Fsp3) is 0.562. The lowest BCUT2D eigenvalue weighted by atomic mass is 10.1. The maximum absolute atomic E-state index is 11.9. The molecular weight excluding hydrogens is 252 g/mol. The number of hydrogen-bond donors (Lipinski definition) is 1. The van der Waals surface area contributed by atoms with Gasteiger partial charge in [-0.3, -0.25) is 14.9 Å². The van der Waals surface area contributed by atoms with Crippen LogP contribution in [0.15, 0.2) is 30.3 Å². The molecule has 1 heterocycles. The number of carbonyl (C=O) groups is 1. The van der Waals surface area contributed by atoms with Crippen molar-refractivity contribution in [1.82, 2.24) is 9.96 Å². The van der Waals surface area contributed by atoms with Crippen LogP contribution in [0.2, 0.25) is 0 Å². The van der Waals surface area contributed by atoms with Gasteiger partial charge in [-0.2, -0.15) is 0 Å². The normalized spacial score (nSPS) is 25.6. The van der Waals surface area contributed by atoms with Crippen molar-refractivity contribution in [3.05, 3.63) is 35.9 Å². The van der Waals surface area contributed by atoms with Crippen LogP contribution in [-0.2, 0) is 4.79 Å². The number of rotatable bonds is 5. The Morgan fingerprint density at radius 1 is 1.25 bits per heavy atom. The Kier molecular flexibility index (Phi) is 4.03. The van der Waals surface area contributed by atoms with Crippen molar-refractivity contribution in [2.75, 3.05) is 26.2 Å². The molecule has 0 unspecified atom stereocenters. The summed E-state index contributed by atoms with van der Waals surface area (Å²) >= 11 is 0. The maximum atomic E-state index is 11.9. The lowest BCUT2D eigenvalue weighted by Gasteiger charge is -2.19. The first-order valence-electron chi connectivity index (χ1n) is 7.50. The quantitative estimate of drug-likeness (QED) is 0.660. The molecule has 2 aliphatic rings. The number of hydroxylamine groups is 2. The van der Waals surface area contributed by atoms with Gasteiger partial charge < -0.3 is 0 Å². The molecule has 4 nitrogen and oxygen atoms in total. The van der Waals surface area contributed by atoms with Crippen LogP contribution < -0.4 is 0 Å². The van der Waals surface area contributed by atoms with Crippen molar-refractivity contribution in [1.29, 1.82) is 0 Å². The third-order valence-electron chi connectivity index (χ3n) is 4.40. The molecule has 3 rings (SSSR count). The van der Waals surface area contributed by atoms with Crippen molar-refractivity contribution in [2.24, 2.45) is 5.92 Å². The van der Waals surface area contributed by atoms with E-state index < -0.39 is 0 Å². The van der Waals surface area contributed by atoms with Crippen molar-refractivity contribution in [2.45, 2.75) is 25.2 Å². The molecule has 108 valence electrons. The molecule has 0 spiro atoms. The highest BCUT2D eigenvalue weighted by Gasteiger charge is 2.40. The summed E-state index contributed by atoms with van der Waals surface area (Å²) in [5.41, 5.74) is 1.32. The number of nitrogens with zero attached hydrogens (tertiary/aromatic N) is 2. The molecule has 1 amide bonds. The average molecular weight is 274 g/mol. The van der Waals surface area contributed by atoms with Gasteiger partial charge in [0.15, 0.2) is 0 Å². The predicted molar refractivity (Wildman–Crippen MR) is 76.5 cm³/mol. The Bertz CT molecular complexity index is 457. The molecule has 0 bridgehead atoms. The van der Waals surface area contributed by atoms with Gasteiger partial charge in [0, 0.05) is 0 Å². The van der Waals surface area contributed by atoms with Gasteiger partial charge in [-0.05, 0) is 49.8 Å². The van der Waals surface area contributed by atoms with E-state index in [-0.39, 0.29) is 5.91 Å². The number of hydrogen-bond acceptors (Lipinski definition) is 3. The van der Waals surface area contributed by atoms with Crippen molar-refractivity contribution in [3.63, 3.8) is 0 Å². The molecule has 1 N–H and O–H groups in total. The highest BCUT2D eigenvalue weighted by Crippen LogP contribution is 2.47. The second kappa shape index (κ2) is 5.94. The zero-order valence-corrected chi connectivity index (χ0v) is 11.7. The molecule has 1 saturated carbocycles. The van der Waals surface area contributed by atoms with Crippen LogP contribution in [0.1, 0.15) is 30.7 Å². The van der Waals surface area contributed by atoms with Crippen molar-refractivity contribution >= 4 is 5.91 Å². The molecule has 0 aromatic heterocycles. The summed E-state index contributed by atoms with van der Waals surface area (Å²) < 4.78 is 0. The number of benzene rings is 1. The highest BCUT2D eigenvalue weighted by atomic mass is 16.5. The molecule has 4 heteroatoms. The molecule has 0 radical (unpaired) electrons. The molecule has 20 heavy (non-hydrogen) atoms. The van der Waals surface area contributed by atoms with Gasteiger partial charge in [0.05, 0.1) is 13.1 Å². The number of carbonyl (C=O) groups excluding carboxylic acids is 1. The fourth-order valence-electron chi connectivity index (χ4n) is 3.10. The van der Waals surface area contributed by atoms with E-state index in [1.807, 2.05) is 18.2 Å². The average Bonchev–Trinajstić information content (AvgIpc) is 3.04. The first-order valence-corrected chi connectivity index (χ1v) is 7.50. The minimum absolute atomic E-state index is 0.161. The molecule has 1 aliphatic heterocycles. The van der Waals surface area contributed by atoms with Crippen LogP contribution >= 0.6 is 0 Å². The zero-order valence-electron chi connectivity index (χ0n) is 11.7. The van der Waals surface area contributed by atoms with E-state index in [4.69, 9.17) is 0 Å². The summed E-state index contributed by atoms with van der Waals surface area (Å²) in [6.07, 6.45) is 3.40. The summed E-state index contributed by atoms with van der Waals surface area (Å²) in [6, 6.07) is 10.3. The smallest absolute Gasteiger partial charge is 0.260 e. The van der Waals surface area contributed by atoms with Crippen LogP contribution in [0, 0.1) is 5.92 Å². The molecule has 2 fully saturated rings. The van der Waals surface area contributed by atoms with Gasteiger partial charge in [-0.1, -0.05) is 30.3 Å². The fourth-order valence-corrected chi connectivity index (χ4v) is 3.10. The maximum Gasteiger partial charge on any atom is 0.260 e. The summed E-state index contributed by atoms with van der Waals surface area (Å²) in [4.78, 5) is 14.1. The number of amides is 1. The third kappa shape index (κ3) is 3.19. The molecule has 2 atom stereocenters. The first kappa shape index (κ1) is 13.6. The van der Waals surface area contributed by atoms with Crippen LogP contribution in [0.3, 0.4) is 0 Å². The summed E-state index contributed by atoms with van der Waals surface area (Å²) in [5.74, 6) is 0.751. The zero-order chi connectivity index (χ0) is 13.9. The number of likely N-dealkylation sites (tertiary alicyclic amines) is 1. The van der Waals surface area contributed by atoms with Crippen LogP contribution in [0.4, 0.5) is 0 Å². The molecule has 1 aromatic rings. The summed E-state index contributed by atoms with van der Waals surface area (Å²) in [6.45, 7) is 2.79. The largest absolute Gasteiger partial charge is 0.294 e. The van der Waals surface area contributed by atoms with Crippen LogP contribution in [-0.4, -0.2) is 47.3 Å². The van der Waals surface area contributed by atoms with E-state index in [0.717, 1.165) is 37.4 Å². The molecule has 1 saturated heterocycles. The molecule has 1 aliphatic carbocycles. The lowest BCUT2D eigenvalue weighted by Crippen LogP contribution is -2.38. The Morgan fingerprint density at radius 2 is 1.95 bits per heavy atom. The predicted octanol–water partition coefficient (Wildman–Crippen LogP) is 2.10. The Morgan fingerprint density at radius 3 is 2.65 bits per heavy atom. The molecule has 1 aromatic carbocycles. The minimum atomic E-state index is -0.161. The SMILES string of the molecule is O=C(CN1CCCC1)N(O)C[C@H]1C[C@@H]1c1ccccc1. The Hall–Kier alpha value is -1.39. The van der Waals surface area contributed by atoms with Gasteiger partial charge in [-0.25, -0.2) is 5.06 Å². The van der Waals surface area contributed by atoms with E-state index in [1.165, 1.54) is 5.56 Å². The van der Waals surface area contributed by atoms with E-state index in [0.29, 0.717) is 24.9 Å². The van der Waals surface area contributed by atoms with Gasteiger partial charge in [-0.15, -0.1) is 0 Å². The van der Waals surface area contributed by atoms with E-state index in [9.17, 15) is 10.0 Å². The Balaban J connectivity index is 1.45. The summed E-state index contributed by atoms with van der Waals surface area (Å²) in [7, 11) is 0. The van der Waals surface area contributed by atoms with E-state index in [1.54, 1.807) is 0 Å². The standard InChI is InChI=1S/C16H22N2O2/c19-16(12-17-8-4-5-9-17)18(20)11-14-10-15(14)13-6-2-1-3-7-13/h1-3,6-7,14-15,20H,4-5,8-12H2/t14-,15-/m1/s1. The lowest BCUT2D eigenvalue weighted by molar-refractivity contribution is -0.167. The third-order valence-corrected chi connectivity index (χ3v) is 4.40. The minimum Gasteiger partial charge on any atom is -0.294 e. The van der Waals surface area contributed by atoms with E-state index in [2.05, 4.69) is 17.0 Å². The second-order valence-electron chi connectivity index (χ2n) is 5.97.